The minimum Gasteiger partial charge on any atom is -0.443 e. The van der Waals surface area contributed by atoms with Crippen LogP contribution < -0.4 is 10.2 Å². The first-order chi connectivity index (χ1) is 13.6. The number of ether oxygens (including phenoxy) is 1. The molecular weight excluding hydrogens is 398 g/mol. The largest absolute Gasteiger partial charge is 0.443 e. The lowest BCUT2D eigenvalue weighted by Crippen LogP contribution is -2.40. The molecule has 9 nitrogen and oxygen atoms in total. The molecule has 0 radical (unpaired) electrons. The highest BCUT2D eigenvalue weighted by atomic mass is 35.5. The lowest BCUT2D eigenvalue weighted by atomic mass is 10.1. The summed E-state index contributed by atoms with van der Waals surface area (Å²) in [5, 5.41) is 6.73. The maximum Gasteiger partial charge on any atom is 0.416 e. The number of aromatic nitrogens is 3. The van der Waals surface area contributed by atoms with Gasteiger partial charge in [0.05, 0.1) is 12.6 Å². The van der Waals surface area contributed by atoms with Gasteiger partial charge in [-0.05, 0) is 27.2 Å². The van der Waals surface area contributed by atoms with Crippen LogP contribution in [0.25, 0.3) is 5.65 Å². The van der Waals surface area contributed by atoms with E-state index in [9.17, 15) is 14.4 Å². The van der Waals surface area contributed by atoms with Crippen LogP contribution in [0.3, 0.4) is 0 Å². The predicted molar refractivity (Wildman–Crippen MR) is 104 cm³/mol. The summed E-state index contributed by atoms with van der Waals surface area (Å²) in [4.78, 5) is 42.0. The number of rotatable bonds is 3. The van der Waals surface area contributed by atoms with Crippen LogP contribution in [0.1, 0.15) is 33.6 Å². The van der Waals surface area contributed by atoms with Crippen molar-refractivity contribution in [1.82, 2.24) is 19.9 Å². The Balaban J connectivity index is 1.70. The van der Waals surface area contributed by atoms with Gasteiger partial charge >= 0.3 is 6.09 Å². The minimum atomic E-state index is -0.698. The van der Waals surface area contributed by atoms with Crippen molar-refractivity contribution in [1.29, 1.82) is 0 Å². The highest BCUT2D eigenvalue weighted by Gasteiger charge is 2.46. The number of carbonyl (C=O) groups is 3. The van der Waals surface area contributed by atoms with Gasteiger partial charge < -0.3 is 4.74 Å². The van der Waals surface area contributed by atoms with Crippen molar-refractivity contribution in [2.24, 2.45) is 5.92 Å². The van der Waals surface area contributed by atoms with Gasteiger partial charge in [0.2, 0.25) is 5.91 Å². The molecule has 2 aliphatic rings. The number of fused-ring (bicyclic) bond motifs is 1. The number of imide groups is 1. The third-order valence-corrected chi connectivity index (χ3v) is 4.79. The molecule has 1 saturated carbocycles. The van der Waals surface area contributed by atoms with E-state index in [-0.39, 0.29) is 35.3 Å². The standard InChI is InChI=1S/C19H20ClN5O4/c1-19(2,3)29-18(28)24(16-9-13(20)22-14-4-5-21-25(14)16)12-7-10(12)6-11-8-15(26)23-17(11)27/h4-6,9-10,12H,7-8H2,1-3H3,(H,23,26,27)/b11-6+. The summed E-state index contributed by atoms with van der Waals surface area (Å²) < 4.78 is 7.12. The lowest BCUT2D eigenvalue weighted by Gasteiger charge is -2.28. The summed E-state index contributed by atoms with van der Waals surface area (Å²) in [5.41, 5.74) is 0.219. The smallest absolute Gasteiger partial charge is 0.416 e. The molecule has 1 saturated heterocycles. The van der Waals surface area contributed by atoms with E-state index in [1.165, 1.54) is 9.42 Å². The fourth-order valence-corrected chi connectivity index (χ4v) is 3.51. The van der Waals surface area contributed by atoms with Crippen molar-refractivity contribution < 1.29 is 19.1 Å². The fourth-order valence-electron chi connectivity index (χ4n) is 3.32. The Morgan fingerprint density at radius 2 is 2.17 bits per heavy atom. The third kappa shape index (κ3) is 3.95. The number of carbonyl (C=O) groups excluding carboxylic acids is 3. The van der Waals surface area contributed by atoms with Gasteiger partial charge in [-0.2, -0.15) is 9.61 Å². The molecule has 0 bridgehead atoms. The maximum absolute atomic E-state index is 13.1. The zero-order valence-corrected chi connectivity index (χ0v) is 16.9. The molecule has 0 spiro atoms. The highest BCUT2D eigenvalue weighted by Crippen LogP contribution is 2.42. The molecule has 3 heterocycles. The number of hydrogen-bond donors (Lipinski definition) is 1. The van der Waals surface area contributed by atoms with Crippen molar-refractivity contribution in [2.45, 2.75) is 45.3 Å². The molecule has 1 N–H and O–H groups in total. The zero-order chi connectivity index (χ0) is 20.9. The van der Waals surface area contributed by atoms with Gasteiger partial charge in [0.1, 0.15) is 16.6 Å². The Bertz CT molecular complexity index is 1050. The molecule has 29 heavy (non-hydrogen) atoms. The quantitative estimate of drug-likeness (QED) is 0.467. The van der Waals surface area contributed by atoms with Crippen LogP contribution in [0.2, 0.25) is 5.15 Å². The van der Waals surface area contributed by atoms with Crippen LogP contribution in [0.4, 0.5) is 10.6 Å². The number of nitrogens with one attached hydrogen (secondary N) is 1. The van der Waals surface area contributed by atoms with Gasteiger partial charge in [-0.3, -0.25) is 19.8 Å². The molecule has 10 heteroatoms. The number of halogens is 1. The van der Waals surface area contributed by atoms with Gasteiger partial charge in [0.15, 0.2) is 5.65 Å². The van der Waals surface area contributed by atoms with Crippen LogP contribution in [-0.4, -0.2) is 44.1 Å². The monoisotopic (exact) mass is 417 g/mol. The molecule has 0 aromatic carbocycles. The van der Waals surface area contributed by atoms with Crippen LogP contribution in [-0.2, 0) is 14.3 Å². The number of nitrogens with zero attached hydrogens (tertiary/aromatic N) is 4. The molecule has 2 aromatic heterocycles. The van der Waals surface area contributed by atoms with Crippen LogP contribution >= 0.6 is 11.6 Å². The lowest BCUT2D eigenvalue weighted by molar-refractivity contribution is -0.124. The van der Waals surface area contributed by atoms with Crippen molar-refractivity contribution in [3.05, 3.63) is 35.1 Å². The fraction of sp³-hybridized carbons (Fsp3) is 0.421. The molecule has 3 amide bonds. The Labute approximate surface area is 171 Å². The molecule has 152 valence electrons. The average molecular weight is 418 g/mol. The van der Waals surface area contributed by atoms with E-state index in [0.717, 1.165) is 0 Å². The predicted octanol–water partition coefficient (Wildman–Crippen LogP) is 2.49. The first-order valence-corrected chi connectivity index (χ1v) is 9.57. The first kappa shape index (κ1) is 19.4. The molecule has 2 atom stereocenters. The van der Waals surface area contributed by atoms with E-state index in [4.69, 9.17) is 16.3 Å². The number of amides is 3. The molecular formula is C19H20ClN5O4. The van der Waals surface area contributed by atoms with E-state index in [0.29, 0.717) is 23.5 Å². The third-order valence-electron chi connectivity index (χ3n) is 4.59. The van der Waals surface area contributed by atoms with E-state index in [1.54, 1.807) is 45.2 Å². The summed E-state index contributed by atoms with van der Waals surface area (Å²) in [5.74, 6) is -0.365. The normalized spacial score (nSPS) is 22.8. The van der Waals surface area contributed by atoms with Gasteiger partial charge in [-0.15, -0.1) is 0 Å². The second kappa shape index (κ2) is 6.84. The molecule has 2 aromatic rings. The van der Waals surface area contributed by atoms with E-state index in [1.807, 2.05) is 0 Å². The molecule has 2 fully saturated rings. The van der Waals surface area contributed by atoms with E-state index >= 15 is 0 Å². The molecule has 1 aliphatic heterocycles. The van der Waals surface area contributed by atoms with Crippen LogP contribution in [0.15, 0.2) is 30.0 Å². The zero-order valence-electron chi connectivity index (χ0n) is 16.2. The van der Waals surface area contributed by atoms with E-state index < -0.39 is 11.7 Å². The van der Waals surface area contributed by atoms with Crippen molar-refractivity contribution in [3.8, 4) is 0 Å². The summed E-state index contributed by atoms with van der Waals surface area (Å²) in [6.45, 7) is 5.35. The van der Waals surface area contributed by atoms with E-state index in [2.05, 4.69) is 15.4 Å². The summed E-state index contributed by atoms with van der Waals surface area (Å²) in [6.07, 6.45) is 3.45. The van der Waals surface area contributed by atoms with Crippen molar-refractivity contribution >= 4 is 41.0 Å². The SMILES string of the molecule is CC(C)(C)OC(=O)N(c1cc(Cl)nc2ccnn12)C1CC1/C=C1\CC(=O)NC1=O. The first-order valence-electron chi connectivity index (χ1n) is 9.20. The molecule has 4 rings (SSSR count). The Kier molecular flexibility index (Phi) is 4.57. The number of hydrogen-bond acceptors (Lipinski definition) is 6. The minimum absolute atomic E-state index is 0.0545. The van der Waals surface area contributed by atoms with Crippen molar-refractivity contribution in [3.63, 3.8) is 0 Å². The molecule has 2 unspecified atom stereocenters. The van der Waals surface area contributed by atoms with Gasteiger partial charge in [0.25, 0.3) is 5.91 Å². The van der Waals surface area contributed by atoms with Crippen LogP contribution in [0.5, 0.6) is 0 Å². The summed E-state index contributed by atoms with van der Waals surface area (Å²) in [7, 11) is 0. The van der Waals surface area contributed by atoms with Gasteiger partial charge in [-0.25, -0.2) is 9.78 Å². The second-order valence-corrected chi connectivity index (χ2v) is 8.49. The number of anilines is 1. The maximum atomic E-state index is 13.1. The second-order valence-electron chi connectivity index (χ2n) is 8.10. The average Bonchev–Trinajstić information content (AvgIpc) is 3.01. The summed E-state index contributed by atoms with van der Waals surface area (Å²) in [6, 6.07) is 2.98. The Morgan fingerprint density at radius 3 is 2.83 bits per heavy atom. The molecule has 1 aliphatic carbocycles. The van der Waals surface area contributed by atoms with Crippen LogP contribution in [0, 0.1) is 5.92 Å². The summed E-state index contributed by atoms with van der Waals surface area (Å²) >= 11 is 6.16. The van der Waals surface area contributed by atoms with Gasteiger partial charge in [-0.1, -0.05) is 17.7 Å². The topological polar surface area (TPSA) is 106 Å². The Morgan fingerprint density at radius 1 is 1.41 bits per heavy atom. The highest BCUT2D eigenvalue weighted by molar-refractivity contribution is 6.29. The Hall–Kier alpha value is -2.94. The van der Waals surface area contributed by atoms with Gasteiger partial charge in [0, 0.05) is 29.7 Å². The van der Waals surface area contributed by atoms with Crippen molar-refractivity contribution in [2.75, 3.05) is 4.90 Å².